The Morgan fingerprint density at radius 1 is 1.18 bits per heavy atom. The molecule has 0 radical (unpaired) electrons. The fourth-order valence-corrected chi connectivity index (χ4v) is 3.89. The second-order valence-electron chi connectivity index (χ2n) is 7.81. The maximum Gasteiger partial charge on any atom is 0.232 e. The fraction of sp³-hybridized carbons (Fsp3) is 0.333. The third-order valence-electron chi connectivity index (χ3n) is 5.59. The number of hydrogen-bond donors (Lipinski definition) is 2. The second kappa shape index (κ2) is 7.63. The lowest BCUT2D eigenvalue weighted by atomic mass is 9.95. The first-order valence-electron chi connectivity index (χ1n) is 10.1. The minimum absolute atomic E-state index is 0.0306. The quantitative estimate of drug-likeness (QED) is 0.582. The van der Waals surface area contributed by atoms with Crippen molar-refractivity contribution in [2.45, 2.75) is 51.9 Å². The molecule has 4 rings (SSSR count). The third kappa shape index (κ3) is 3.59. The summed E-state index contributed by atoms with van der Waals surface area (Å²) in [5.74, 6) is 0.331. The predicted octanol–water partition coefficient (Wildman–Crippen LogP) is 5.70. The van der Waals surface area contributed by atoms with Crippen molar-refractivity contribution in [2.24, 2.45) is 0 Å². The van der Waals surface area contributed by atoms with Crippen LogP contribution in [0.3, 0.4) is 0 Å². The highest BCUT2D eigenvalue weighted by atomic mass is 16.1. The maximum atomic E-state index is 13.2. The predicted molar refractivity (Wildman–Crippen MR) is 114 cm³/mol. The van der Waals surface area contributed by atoms with Gasteiger partial charge in [-0.2, -0.15) is 5.10 Å². The van der Waals surface area contributed by atoms with Crippen molar-refractivity contribution in [2.75, 3.05) is 5.32 Å². The van der Waals surface area contributed by atoms with Crippen LogP contribution in [0.5, 0.6) is 0 Å². The molecule has 1 atom stereocenters. The lowest BCUT2D eigenvalue weighted by molar-refractivity contribution is -0.117. The molecule has 0 aliphatic heterocycles. The van der Waals surface area contributed by atoms with Crippen LogP contribution in [-0.4, -0.2) is 16.1 Å². The molecule has 0 spiro atoms. The van der Waals surface area contributed by atoms with Gasteiger partial charge >= 0.3 is 0 Å². The molecular formula is C24H27N3O. The number of nitrogens with zero attached hydrogens (tertiary/aromatic N) is 1. The highest BCUT2D eigenvalue weighted by molar-refractivity contribution is 5.99. The molecule has 2 aromatic carbocycles. The van der Waals surface area contributed by atoms with Gasteiger partial charge in [-0.05, 0) is 44.2 Å². The minimum atomic E-state index is -0.171. The lowest BCUT2D eigenvalue weighted by Gasteiger charge is -2.17. The zero-order chi connectivity index (χ0) is 19.7. The van der Waals surface area contributed by atoms with Crippen molar-refractivity contribution in [1.82, 2.24) is 10.2 Å². The average molecular weight is 374 g/mol. The van der Waals surface area contributed by atoms with Crippen molar-refractivity contribution in [1.29, 1.82) is 0 Å². The first-order valence-corrected chi connectivity index (χ1v) is 10.1. The number of benzene rings is 2. The van der Waals surface area contributed by atoms with Crippen LogP contribution in [0.1, 0.15) is 60.4 Å². The zero-order valence-electron chi connectivity index (χ0n) is 16.8. The van der Waals surface area contributed by atoms with Gasteiger partial charge in [0.25, 0.3) is 0 Å². The molecule has 1 heterocycles. The van der Waals surface area contributed by atoms with Gasteiger partial charge in [-0.15, -0.1) is 0 Å². The molecule has 1 saturated carbocycles. The number of carbonyl (C=O) groups excluding carboxylic acids is 1. The van der Waals surface area contributed by atoms with E-state index in [4.69, 9.17) is 0 Å². The van der Waals surface area contributed by atoms with E-state index in [-0.39, 0.29) is 11.8 Å². The summed E-state index contributed by atoms with van der Waals surface area (Å²) >= 11 is 0. The van der Waals surface area contributed by atoms with Crippen LogP contribution in [0.2, 0.25) is 0 Å². The van der Waals surface area contributed by atoms with Crippen molar-refractivity contribution in [3.63, 3.8) is 0 Å². The van der Waals surface area contributed by atoms with Crippen molar-refractivity contribution in [3.05, 3.63) is 70.9 Å². The molecule has 1 unspecified atom stereocenters. The van der Waals surface area contributed by atoms with Gasteiger partial charge in [-0.25, -0.2) is 0 Å². The molecule has 1 aliphatic carbocycles. The minimum Gasteiger partial charge on any atom is -0.322 e. The molecular weight excluding hydrogens is 346 g/mol. The number of rotatable bonds is 6. The fourth-order valence-electron chi connectivity index (χ4n) is 3.89. The van der Waals surface area contributed by atoms with Crippen LogP contribution < -0.4 is 5.32 Å². The first kappa shape index (κ1) is 18.5. The summed E-state index contributed by atoms with van der Waals surface area (Å²) in [6, 6.07) is 16.4. The Morgan fingerprint density at radius 3 is 2.57 bits per heavy atom. The Bertz CT molecular complexity index is 986. The van der Waals surface area contributed by atoms with E-state index in [0.717, 1.165) is 47.5 Å². The monoisotopic (exact) mass is 373 g/mol. The summed E-state index contributed by atoms with van der Waals surface area (Å²) in [5, 5.41) is 11.1. The molecule has 1 fully saturated rings. The van der Waals surface area contributed by atoms with Crippen LogP contribution in [0.15, 0.2) is 48.5 Å². The number of hydrogen-bond acceptors (Lipinski definition) is 2. The number of aryl methyl sites for hydroxylation is 2. The Balaban J connectivity index is 1.70. The zero-order valence-corrected chi connectivity index (χ0v) is 16.8. The van der Waals surface area contributed by atoms with Gasteiger partial charge in [0.1, 0.15) is 5.69 Å². The Hall–Kier alpha value is -2.88. The molecule has 28 heavy (non-hydrogen) atoms. The van der Waals surface area contributed by atoms with Gasteiger partial charge in [-0.3, -0.25) is 9.89 Å². The van der Waals surface area contributed by atoms with Crippen molar-refractivity contribution in [3.8, 4) is 11.3 Å². The Labute approximate surface area is 166 Å². The first-order chi connectivity index (χ1) is 13.6. The molecule has 0 bridgehead atoms. The number of nitrogens with one attached hydrogen (secondary N) is 2. The van der Waals surface area contributed by atoms with E-state index in [0.29, 0.717) is 5.92 Å². The van der Waals surface area contributed by atoms with Gasteiger partial charge in [0, 0.05) is 11.5 Å². The maximum absolute atomic E-state index is 13.2. The van der Waals surface area contributed by atoms with E-state index in [1.54, 1.807) is 0 Å². The van der Waals surface area contributed by atoms with Crippen LogP contribution in [-0.2, 0) is 4.79 Å². The van der Waals surface area contributed by atoms with E-state index >= 15 is 0 Å². The molecule has 1 aliphatic rings. The highest BCUT2D eigenvalue weighted by Gasteiger charge is 2.32. The van der Waals surface area contributed by atoms with Crippen molar-refractivity contribution >= 4 is 11.6 Å². The van der Waals surface area contributed by atoms with Crippen LogP contribution >= 0.6 is 0 Å². The summed E-state index contributed by atoms with van der Waals surface area (Å²) in [4.78, 5) is 13.2. The largest absolute Gasteiger partial charge is 0.322 e. The third-order valence-corrected chi connectivity index (χ3v) is 5.59. The van der Waals surface area contributed by atoms with E-state index in [2.05, 4.69) is 54.5 Å². The molecule has 4 heteroatoms. The second-order valence-corrected chi connectivity index (χ2v) is 7.81. The number of carbonyl (C=O) groups is 1. The van der Waals surface area contributed by atoms with Gasteiger partial charge < -0.3 is 5.32 Å². The highest BCUT2D eigenvalue weighted by Crippen LogP contribution is 2.45. The summed E-state index contributed by atoms with van der Waals surface area (Å²) in [6.07, 6.45) is 3.05. The summed E-state index contributed by atoms with van der Waals surface area (Å²) < 4.78 is 0. The Morgan fingerprint density at radius 2 is 1.93 bits per heavy atom. The average Bonchev–Trinajstić information content (AvgIpc) is 3.45. The van der Waals surface area contributed by atoms with Gasteiger partial charge in [-0.1, -0.05) is 61.0 Å². The normalized spacial score (nSPS) is 14.7. The molecule has 2 N–H and O–H groups in total. The Kier molecular flexibility index (Phi) is 5.03. The van der Waals surface area contributed by atoms with Gasteiger partial charge in [0.15, 0.2) is 0 Å². The molecule has 1 amide bonds. The van der Waals surface area contributed by atoms with Gasteiger partial charge in [0.2, 0.25) is 5.91 Å². The van der Waals surface area contributed by atoms with Crippen LogP contribution in [0, 0.1) is 13.8 Å². The summed E-state index contributed by atoms with van der Waals surface area (Å²) in [5.41, 5.74) is 7.26. The molecule has 4 nitrogen and oxygen atoms in total. The number of amides is 1. The molecule has 3 aromatic rings. The van der Waals surface area contributed by atoms with Crippen LogP contribution in [0.25, 0.3) is 11.3 Å². The molecule has 1 aromatic heterocycles. The SMILES string of the molecule is CCC(C(=O)Nc1c(-c2ccc(C)cc2C)n[nH]c1C1CC1)c1ccccc1. The summed E-state index contributed by atoms with van der Waals surface area (Å²) in [7, 11) is 0. The molecule has 144 valence electrons. The topological polar surface area (TPSA) is 57.8 Å². The smallest absolute Gasteiger partial charge is 0.232 e. The van der Waals surface area contributed by atoms with Crippen molar-refractivity contribution < 1.29 is 4.79 Å². The molecule has 0 saturated heterocycles. The van der Waals surface area contributed by atoms with Gasteiger partial charge in [0.05, 0.1) is 17.3 Å². The number of anilines is 1. The number of H-pyrrole nitrogens is 1. The summed E-state index contributed by atoms with van der Waals surface area (Å²) in [6.45, 7) is 6.24. The lowest BCUT2D eigenvalue weighted by Crippen LogP contribution is -2.21. The standard InChI is InChI=1S/C24H27N3O/c1-4-19(17-8-6-5-7-9-17)24(28)25-23-21(18-11-12-18)26-27-22(23)20-13-10-15(2)14-16(20)3/h5-10,13-14,18-19H,4,11-12H2,1-3H3,(H,25,28)(H,26,27). The number of aromatic amines is 1. The van der Waals surface area contributed by atoms with Crippen LogP contribution in [0.4, 0.5) is 5.69 Å². The van der Waals surface area contributed by atoms with E-state index < -0.39 is 0 Å². The van der Waals surface area contributed by atoms with E-state index in [1.165, 1.54) is 11.1 Å². The van der Waals surface area contributed by atoms with E-state index in [1.807, 2.05) is 30.3 Å². The van der Waals surface area contributed by atoms with E-state index in [9.17, 15) is 4.79 Å². The number of aromatic nitrogens is 2.